The van der Waals surface area contributed by atoms with Crippen LogP contribution in [0.4, 0.5) is 11.4 Å². The molecule has 0 unspecified atom stereocenters. The van der Waals surface area contributed by atoms with E-state index < -0.39 is 11.1 Å². The number of halogens is 1. The molecule has 0 saturated carbocycles. The van der Waals surface area contributed by atoms with E-state index in [4.69, 9.17) is 21.1 Å². The number of fused-ring (bicyclic) bond motifs is 1. The molecule has 8 nitrogen and oxygen atoms in total. The maximum atomic E-state index is 13.7. The van der Waals surface area contributed by atoms with E-state index >= 15 is 0 Å². The number of nitrogens with zero attached hydrogens (tertiary/aromatic N) is 2. The van der Waals surface area contributed by atoms with Crippen LogP contribution in [0.5, 0.6) is 11.5 Å². The number of methoxy groups -OCH3 is 2. The molecule has 1 amide bonds. The number of benzene rings is 2. The Labute approximate surface area is 216 Å². The predicted octanol–water partition coefficient (Wildman–Crippen LogP) is 5.79. The number of pyridine rings is 1. The lowest BCUT2D eigenvalue weighted by molar-refractivity contribution is -0.245. The number of aromatic nitrogens is 1. The Hall–Kier alpha value is -3.07. The van der Waals surface area contributed by atoms with E-state index in [9.17, 15) is 10.0 Å². The highest BCUT2D eigenvalue weighted by Gasteiger charge is 2.45. The van der Waals surface area contributed by atoms with Crippen LogP contribution in [0.3, 0.4) is 0 Å². The van der Waals surface area contributed by atoms with Crippen LogP contribution in [0.2, 0.25) is 5.02 Å². The van der Waals surface area contributed by atoms with Crippen molar-refractivity contribution in [3.05, 3.63) is 53.2 Å². The van der Waals surface area contributed by atoms with Crippen molar-refractivity contribution < 1.29 is 19.5 Å². The van der Waals surface area contributed by atoms with E-state index in [1.807, 2.05) is 39.8 Å². The van der Waals surface area contributed by atoms with Gasteiger partial charge in [-0.1, -0.05) is 17.7 Å². The van der Waals surface area contributed by atoms with Gasteiger partial charge in [0.15, 0.2) is 11.5 Å². The number of ether oxygens (including phenoxy) is 2. The highest BCUT2D eigenvalue weighted by Crippen LogP contribution is 2.39. The molecular weight excluding hydrogens is 480 g/mol. The summed E-state index contributed by atoms with van der Waals surface area (Å²) in [5.74, 6) is 0.813. The molecule has 192 valence electrons. The third kappa shape index (κ3) is 5.07. The van der Waals surface area contributed by atoms with Gasteiger partial charge in [0.05, 0.1) is 31.0 Å². The van der Waals surface area contributed by atoms with Crippen molar-refractivity contribution in [1.29, 1.82) is 0 Å². The summed E-state index contributed by atoms with van der Waals surface area (Å²) in [5, 5.41) is 19.9. The lowest BCUT2D eigenvalue weighted by Gasteiger charge is -2.51. The third-order valence-corrected chi connectivity index (χ3v) is 6.92. The average Bonchev–Trinajstić information content (AvgIpc) is 2.81. The Morgan fingerprint density at radius 2 is 1.72 bits per heavy atom. The molecule has 1 aromatic heterocycles. The summed E-state index contributed by atoms with van der Waals surface area (Å²) >= 11 is 6.22. The first-order chi connectivity index (χ1) is 16.9. The number of anilines is 2. The van der Waals surface area contributed by atoms with Crippen LogP contribution in [0.25, 0.3) is 10.9 Å². The van der Waals surface area contributed by atoms with Crippen molar-refractivity contribution in [1.82, 2.24) is 15.4 Å². The topological polar surface area (TPSA) is 96.0 Å². The lowest BCUT2D eigenvalue weighted by atomic mass is 9.79. The summed E-state index contributed by atoms with van der Waals surface area (Å²) < 4.78 is 11.0. The molecular formula is C27H33ClN4O4. The van der Waals surface area contributed by atoms with Crippen LogP contribution in [0.15, 0.2) is 42.6 Å². The zero-order valence-electron chi connectivity index (χ0n) is 21.5. The van der Waals surface area contributed by atoms with Gasteiger partial charge in [-0.2, -0.15) is 5.06 Å². The molecule has 1 aliphatic rings. The summed E-state index contributed by atoms with van der Waals surface area (Å²) in [4.78, 5) is 18.2. The minimum absolute atomic E-state index is 0.133. The number of nitrogens with one attached hydrogen (secondary N) is 2. The number of rotatable bonds is 6. The van der Waals surface area contributed by atoms with Gasteiger partial charge in [-0.25, -0.2) is 0 Å². The number of piperidine rings is 1. The van der Waals surface area contributed by atoms with Gasteiger partial charge < -0.3 is 25.3 Å². The van der Waals surface area contributed by atoms with Gasteiger partial charge in [-0.3, -0.25) is 9.78 Å². The standard InChI is InChI=1S/C27H33ClN4O4/c1-26(2)13-18(14-27(3,4)32(26)34)31-25(33)20-15-29-21-12-23(36-6)22(35-5)11-19(21)24(20)30-17-9-7-8-16(28)10-17/h7-12,15,18,34H,13-14H2,1-6H3,(H,29,30)(H,31,33). The molecule has 2 heterocycles. The van der Waals surface area contributed by atoms with Crippen LogP contribution < -0.4 is 20.1 Å². The van der Waals surface area contributed by atoms with Crippen molar-refractivity contribution in [3.63, 3.8) is 0 Å². The molecule has 36 heavy (non-hydrogen) atoms. The highest BCUT2D eigenvalue weighted by atomic mass is 35.5. The van der Waals surface area contributed by atoms with Gasteiger partial charge in [0.1, 0.15) is 0 Å². The fraction of sp³-hybridized carbons (Fsp3) is 0.407. The van der Waals surface area contributed by atoms with Crippen molar-refractivity contribution >= 4 is 39.8 Å². The predicted molar refractivity (Wildman–Crippen MR) is 142 cm³/mol. The van der Waals surface area contributed by atoms with Gasteiger partial charge in [0, 0.05) is 45.5 Å². The van der Waals surface area contributed by atoms with Crippen LogP contribution >= 0.6 is 11.6 Å². The highest BCUT2D eigenvalue weighted by molar-refractivity contribution is 6.30. The monoisotopic (exact) mass is 512 g/mol. The molecule has 0 radical (unpaired) electrons. The van der Waals surface area contributed by atoms with E-state index in [1.54, 1.807) is 44.7 Å². The first-order valence-corrected chi connectivity index (χ1v) is 12.2. The van der Waals surface area contributed by atoms with Crippen molar-refractivity contribution in [2.75, 3.05) is 19.5 Å². The van der Waals surface area contributed by atoms with E-state index in [1.165, 1.54) is 5.06 Å². The Balaban J connectivity index is 1.77. The minimum Gasteiger partial charge on any atom is -0.493 e. The summed E-state index contributed by atoms with van der Waals surface area (Å²) in [6.45, 7) is 7.87. The van der Waals surface area contributed by atoms with Gasteiger partial charge >= 0.3 is 0 Å². The molecule has 1 saturated heterocycles. The SMILES string of the molecule is COc1cc2ncc(C(=O)NC3CC(C)(C)N(O)C(C)(C)C3)c(Nc3cccc(Cl)c3)c2cc1OC. The largest absolute Gasteiger partial charge is 0.493 e. The Morgan fingerprint density at radius 3 is 2.33 bits per heavy atom. The van der Waals surface area contributed by atoms with Crippen LogP contribution in [0, 0.1) is 0 Å². The Morgan fingerprint density at radius 1 is 1.08 bits per heavy atom. The second kappa shape index (κ2) is 9.76. The maximum absolute atomic E-state index is 13.7. The molecule has 0 aliphatic carbocycles. The Bertz CT molecular complexity index is 1280. The average molecular weight is 513 g/mol. The van der Waals surface area contributed by atoms with Crippen molar-refractivity contribution in [2.24, 2.45) is 0 Å². The van der Waals surface area contributed by atoms with Gasteiger partial charge in [-0.05, 0) is 64.8 Å². The van der Waals surface area contributed by atoms with Crippen molar-refractivity contribution in [3.8, 4) is 11.5 Å². The summed E-state index contributed by atoms with van der Waals surface area (Å²) in [6.07, 6.45) is 2.76. The van der Waals surface area contributed by atoms with Gasteiger partial charge in [0.25, 0.3) is 5.91 Å². The molecule has 3 aromatic rings. The molecule has 1 aliphatic heterocycles. The molecule has 4 rings (SSSR count). The van der Waals surface area contributed by atoms with Crippen LogP contribution in [-0.4, -0.2) is 52.5 Å². The lowest BCUT2D eigenvalue weighted by Crippen LogP contribution is -2.62. The summed E-state index contributed by atoms with van der Waals surface area (Å²) in [6, 6.07) is 10.7. The van der Waals surface area contributed by atoms with Crippen LogP contribution in [-0.2, 0) is 0 Å². The van der Waals surface area contributed by atoms with E-state index in [0.29, 0.717) is 51.5 Å². The first kappa shape index (κ1) is 26.0. The number of hydroxylamine groups is 2. The summed E-state index contributed by atoms with van der Waals surface area (Å²) in [5.41, 5.74) is 1.36. The zero-order valence-corrected chi connectivity index (χ0v) is 22.2. The number of hydrogen-bond acceptors (Lipinski definition) is 7. The fourth-order valence-corrected chi connectivity index (χ4v) is 5.36. The zero-order chi connectivity index (χ0) is 26.3. The van der Waals surface area contributed by atoms with E-state index in [0.717, 1.165) is 5.69 Å². The second-order valence-electron chi connectivity index (χ2n) is 10.4. The smallest absolute Gasteiger partial charge is 0.255 e. The molecule has 3 N–H and O–H groups in total. The first-order valence-electron chi connectivity index (χ1n) is 11.8. The molecule has 1 fully saturated rings. The second-order valence-corrected chi connectivity index (χ2v) is 10.9. The molecule has 0 atom stereocenters. The van der Waals surface area contributed by atoms with Crippen LogP contribution in [0.1, 0.15) is 50.9 Å². The third-order valence-electron chi connectivity index (χ3n) is 6.69. The molecule has 2 aromatic carbocycles. The normalized spacial score (nSPS) is 17.6. The molecule has 0 bridgehead atoms. The van der Waals surface area contributed by atoms with Crippen molar-refractivity contribution in [2.45, 2.75) is 57.7 Å². The van der Waals surface area contributed by atoms with Gasteiger partial charge in [0.2, 0.25) is 0 Å². The maximum Gasteiger partial charge on any atom is 0.255 e. The molecule has 0 spiro atoms. The number of hydrogen-bond donors (Lipinski definition) is 3. The minimum atomic E-state index is -0.493. The Kier molecular flexibility index (Phi) is 7.05. The van der Waals surface area contributed by atoms with E-state index in [2.05, 4.69) is 15.6 Å². The summed E-state index contributed by atoms with van der Waals surface area (Å²) in [7, 11) is 3.13. The number of carbonyl (C=O) groups is 1. The number of carbonyl (C=O) groups excluding carboxylic acids is 1. The number of amides is 1. The quantitative estimate of drug-likeness (QED) is 0.384. The van der Waals surface area contributed by atoms with Gasteiger partial charge in [-0.15, -0.1) is 0 Å². The van der Waals surface area contributed by atoms with E-state index in [-0.39, 0.29) is 11.9 Å². The molecule has 9 heteroatoms. The fourth-order valence-electron chi connectivity index (χ4n) is 5.17.